The van der Waals surface area contributed by atoms with Crippen LogP contribution in [0.5, 0.6) is 0 Å². The Balaban J connectivity index is 4.30. The van der Waals surface area contributed by atoms with Gasteiger partial charge in [0.25, 0.3) is 5.97 Å². The van der Waals surface area contributed by atoms with Gasteiger partial charge in [-0.1, -0.05) is 45.4 Å². The second-order valence-electron chi connectivity index (χ2n) is 5.72. The summed E-state index contributed by atoms with van der Waals surface area (Å²) in [6.07, 6.45) is 11.1. The summed E-state index contributed by atoms with van der Waals surface area (Å²) >= 11 is 0. The van der Waals surface area contributed by atoms with Gasteiger partial charge >= 0.3 is 0 Å². The van der Waals surface area contributed by atoms with Crippen LogP contribution in [0.4, 0.5) is 0 Å². The Labute approximate surface area is 131 Å². The summed E-state index contributed by atoms with van der Waals surface area (Å²) in [5.74, 6) is -0.617. The summed E-state index contributed by atoms with van der Waals surface area (Å²) in [6, 6.07) is 0. The minimum atomic E-state index is -0.892. The molecule has 1 N–H and O–H groups in total. The third-order valence-corrected chi connectivity index (χ3v) is 4.24. The van der Waals surface area contributed by atoms with Gasteiger partial charge < -0.3 is 19.5 Å². The van der Waals surface area contributed by atoms with Crippen molar-refractivity contribution in [2.24, 2.45) is 5.92 Å². The third-order valence-electron chi connectivity index (χ3n) is 4.24. The van der Waals surface area contributed by atoms with Crippen molar-refractivity contribution in [2.75, 3.05) is 34.9 Å². The molecule has 128 valence electrons. The molecule has 0 radical (unpaired) electrons. The zero-order valence-corrected chi connectivity index (χ0v) is 14.9. The van der Waals surface area contributed by atoms with Crippen LogP contribution in [0.15, 0.2) is 0 Å². The van der Waals surface area contributed by atoms with Gasteiger partial charge in [0.05, 0.1) is 0 Å². The highest BCUT2D eigenvalue weighted by Crippen LogP contribution is 2.32. The average molecular weight is 303 g/mol. The molecule has 0 amide bonds. The molecular weight excluding hydrogens is 266 g/mol. The minimum Gasteiger partial charge on any atom is -0.331 e. The molecule has 0 aliphatic rings. The maximum absolute atomic E-state index is 5.56. The fourth-order valence-electron chi connectivity index (χ4n) is 2.94. The summed E-state index contributed by atoms with van der Waals surface area (Å²) in [5, 5.41) is 3.20. The quantitative estimate of drug-likeness (QED) is 0.367. The molecule has 21 heavy (non-hydrogen) atoms. The topological polar surface area (TPSA) is 39.7 Å². The van der Waals surface area contributed by atoms with Crippen LogP contribution in [-0.4, -0.2) is 40.9 Å². The van der Waals surface area contributed by atoms with Gasteiger partial charge in [0, 0.05) is 27.2 Å². The van der Waals surface area contributed by atoms with E-state index in [9.17, 15) is 0 Å². The van der Waals surface area contributed by atoms with Crippen LogP contribution < -0.4 is 5.32 Å². The van der Waals surface area contributed by atoms with Crippen LogP contribution in [0.3, 0.4) is 0 Å². The lowest BCUT2D eigenvalue weighted by molar-refractivity contribution is -0.380. The van der Waals surface area contributed by atoms with E-state index in [2.05, 4.69) is 12.2 Å². The van der Waals surface area contributed by atoms with Gasteiger partial charge in [0.1, 0.15) is 0 Å². The first-order chi connectivity index (χ1) is 10.2. The summed E-state index contributed by atoms with van der Waals surface area (Å²) in [5.41, 5.74) is 0. The lowest BCUT2D eigenvalue weighted by Gasteiger charge is -2.36. The van der Waals surface area contributed by atoms with Crippen LogP contribution in [0.25, 0.3) is 0 Å². The van der Waals surface area contributed by atoms with Gasteiger partial charge in [-0.3, -0.25) is 0 Å². The molecule has 0 fully saturated rings. The number of hydrogen-bond donors (Lipinski definition) is 1. The Hall–Kier alpha value is -0.160. The highest BCUT2D eigenvalue weighted by atomic mass is 16.9. The standard InChI is InChI=1S/C17H37NO3/c1-6-7-8-9-10-11-13-16(14-12-15-18-2)17(19-3,20-4)21-5/h16,18H,6-15H2,1-5H3. The number of unbranched alkanes of at least 4 members (excludes halogenated alkanes) is 5. The third kappa shape index (κ3) is 8.15. The molecule has 0 saturated carbocycles. The fraction of sp³-hybridized carbons (Fsp3) is 1.00. The second-order valence-corrected chi connectivity index (χ2v) is 5.72. The van der Waals surface area contributed by atoms with Crippen LogP contribution in [0.2, 0.25) is 0 Å². The maximum Gasteiger partial charge on any atom is 0.285 e. The Morgan fingerprint density at radius 1 is 0.810 bits per heavy atom. The number of methoxy groups -OCH3 is 3. The highest BCUT2D eigenvalue weighted by molar-refractivity contribution is 4.72. The van der Waals surface area contributed by atoms with Crippen molar-refractivity contribution in [3.63, 3.8) is 0 Å². The number of rotatable bonds is 15. The molecule has 0 aliphatic heterocycles. The van der Waals surface area contributed by atoms with Gasteiger partial charge in [-0.25, -0.2) is 0 Å². The molecule has 1 atom stereocenters. The molecule has 0 aromatic carbocycles. The fourth-order valence-corrected chi connectivity index (χ4v) is 2.94. The van der Waals surface area contributed by atoms with Gasteiger partial charge in [-0.2, -0.15) is 0 Å². The normalized spacial score (nSPS) is 13.6. The SMILES string of the molecule is CCCCCCCCC(CCCNC)C(OC)(OC)OC. The summed E-state index contributed by atoms with van der Waals surface area (Å²) < 4.78 is 16.7. The lowest BCUT2D eigenvalue weighted by Crippen LogP contribution is -2.44. The monoisotopic (exact) mass is 303 g/mol. The summed E-state index contributed by atoms with van der Waals surface area (Å²) in [7, 11) is 6.98. The second kappa shape index (κ2) is 13.5. The van der Waals surface area contributed by atoms with Gasteiger partial charge in [-0.05, 0) is 32.9 Å². The van der Waals surface area contributed by atoms with E-state index in [1.807, 2.05) is 7.05 Å². The Bertz CT molecular complexity index is 212. The largest absolute Gasteiger partial charge is 0.331 e. The van der Waals surface area contributed by atoms with Gasteiger partial charge in [0.2, 0.25) is 0 Å². The van der Waals surface area contributed by atoms with Crippen LogP contribution in [0, 0.1) is 5.92 Å². The van der Waals surface area contributed by atoms with E-state index in [1.54, 1.807) is 21.3 Å². The van der Waals surface area contributed by atoms with E-state index < -0.39 is 5.97 Å². The Morgan fingerprint density at radius 2 is 1.33 bits per heavy atom. The molecule has 0 aromatic rings. The zero-order chi connectivity index (χ0) is 16.0. The van der Waals surface area contributed by atoms with Crippen molar-refractivity contribution in [3.05, 3.63) is 0 Å². The first-order valence-electron chi connectivity index (χ1n) is 8.50. The van der Waals surface area contributed by atoms with Crippen molar-refractivity contribution >= 4 is 0 Å². The molecule has 0 aromatic heterocycles. The van der Waals surface area contributed by atoms with Crippen molar-refractivity contribution in [3.8, 4) is 0 Å². The van der Waals surface area contributed by atoms with Crippen molar-refractivity contribution in [1.29, 1.82) is 0 Å². The Morgan fingerprint density at radius 3 is 1.86 bits per heavy atom. The highest BCUT2D eigenvalue weighted by Gasteiger charge is 2.39. The van der Waals surface area contributed by atoms with Gasteiger partial charge in [-0.15, -0.1) is 0 Å². The van der Waals surface area contributed by atoms with Crippen molar-refractivity contribution in [2.45, 2.75) is 70.7 Å². The molecule has 1 unspecified atom stereocenters. The van der Waals surface area contributed by atoms with Crippen LogP contribution >= 0.6 is 0 Å². The van der Waals surface area contributed by atoms with E-state index in [0.29, 0.717) is 0 Å². The first-order valence-corrected chi connectivity index (χ1v) is 8.50. The number of nitrogens with one attached hydrogen (secondary N) is 1. The predicted molar refractivity (Wildman–Crippen MR) is 88.4 cm³/mol. The van der Waals surface area contributed by atoms with E-state index in [1.165, 1.54) is 38.5 Å². The van der Waals surface area contributed by atoms with E-state index >= 15 is 0 Å². The van der Waals surface area contributed by atoms with E-state index in [4.69, 9.17) is 14.2 Å². The summed E-state index contributed by atoms with van der Waals surface area (Å²) in [4.78, 5) is 0. The Kier molecular flexibility index (Phi) is 13.4. The van der Waals surface area contributed by atoms with Crippen LogP contribution in [0.1, 0.15) is 64.7 Å². The molecule has 4 heteroatoms. The van der Waals surface area contributed by atoms with Crippen LogP contribution in [-0.2, 0) is 14.2 Å². The molecule has 0 aliphatic carbocycles. The van der Waals surface area contributed by atoms with Crippen molar-refractivity contribution < 1.29 is 14.2 Å². The molecular formula is C17H37NO3. The lowest BCUT2D eigenvalue weighted by atomic mass is 9.93. The zero-order valence-electron chi connectivity index (χ0n) is 14.9. The summed E-state index contributed by atoms with van der Waals surface area (Å²) in [6.45, 7) is 3.27. The van der Waals surface area contributed by atoms with Crippen molar-refractivity contribution in [1.82, 2.24) is 5.32 Å². The first kappa shape index (κ1) is 20.8. The van der Waals surface area contributed by atoms with E-state index in [-0.39, 0.29) is 5.92 Å². The molecule has 0 heterocycles. The predicted octanol–water partition coefficient (Wildman–Crippen LogP) is 3.95. The minimum absolute atomic E-state index is 0.275. The molecule has 4 nitrogen and oxygen atoms in total. The molecule has 0 bridgehead atoms. The van der Waals surface area contributed by atoms with E-state index in [0.717, 1.165) is 25.8 Å². The smallest absolute Gasteiger partial charge is 0.285 e. The average Bonchev–Trinajstić information content (AvgIpc) is 2.52. The molecule has 0 saturated heterocycles. The molecule has 0 rings (SSSR count). The maximum atomic E-state index is 5.56. The number of hydrogen-bond acceptors (Lipinski definition) is 4. The molecule has 0 spiro atoms. The van der Waals surface area contributed by atoms with Gasteiger partial charge in [0.15, 0.2) is 0 Å². The number of ether oxygens (including phenoxy) is 3.